The number of nitrogens with one attached hydrogen (secondary N) is 1. The van der Waals surface area contributed by atoms with Gasteiger partial charge in [-0.25, -0.2) is 0 Å². The van der Waals surface area contributed by atoms with Crippen LogP contribution in [0.25, 0.3) is 0 Å². The molecule has 0 saturated carbocycles. The Morgan fingerprint density at radius 1 is 1.30 bits per heavy atom. The van der Waals surface area contributed by atoms with Gasteiger partial charge in [0.05, 0.1) is 9.35 Å². The van der Waals surface area contributed by atoms with Crippen molar-refractivity contribution in [2.45, 2.75) is 12.4 Å². The molecule has 124 valence electrons. The van der Waals surface area contributed by atoms with Crippen molar-refractivity contribution < 1.29 is 18.3 Å². The maximum Gasteiger partial charge on any atom is 0.387 e. The molecule has 0 aliphatic carbocycles. The monoisotopic (exact) mass is 421 g/mol. The number of rotatable bonds is 8. The number of para-hydroxylation sites is 1. The minimum absolute atomic E-state index is 0.111. The van der Waals surface area contributed by atoms with Crippen molar-refractivity contribution in [3.8, 4) is 5.75 Å². The van der Waals surface area contributed by atoms with Crippen LogP contribution in [0.3, 0.4) is 0 Å². The second-order valence-electron chi connectivity index (χ2n) is 4.39. The molecular weight excluding hydrogens is 408 g/mol. The Morgan fingerprint density at radius 2 is 2.09 bits per heavy atom. The van der Waals surface area contributed by atoms with Crippen LogP contribution in [0.4, 0.5) is 8.78 Å². The zero-order chi connectivity index (χ0) is 16.7. The molecule has 1 amide bonds. The number of hydrogen-bond acceptors (Lipinski definition) is 4. The highest BCUT2D eigenvalue weighted by Crippen LogP contribution is 2.25. The van der Waals surface area contributed by atoms with Gasteiger partial charge in [0.25, 0.3) is 5.91 Å². The number of halogens is 3. The molecule has 1 aromatic heterocycles. The standard InChI is InChI=1S/C15H14BrF2NO2S2/c16-13-6-5-10(23-13)9-22-8-7-19-14(20)11-3-1-2-4-12(11)21-15(17)18/h1-6,15H,7-9H2,(H,19,20). The number of ether oxygens (including phenoxy) is 1. The van der Waals surface area contributed by atoms with Gasteiger partial charge < -0.3 is 10.1 Å². The van der Waals surface area contributed by atoms with Crippen molar-refractivity contribution in [3.63, 3.8) is 0 Å². The fourth-order valence-corrected chi connectivity index (χ4v) is 4.24. The summed E-state index contributed by atoms with van der Waals surface area (Å²) in [6.45, 7) is -2.50. The van der Waals surface area contributed by atoms with Gasteiger partial charge in [-0.1, -0.05) is 12.1 Å². The van der Waals surface area contributed by atoms with Crippen LogP contribution in [-0.4, -0.2) is 24.8 Å². The fraction of sp³-hybridized carbons (Fsp3) is 0.267. The molecule has 1 aromatic carbocycles. The highest BCUT2D eigenvalue weighted by Gasteiger charge is 2.14. The van der Waals surface area contributed by atoms with Gasteiger partial charge in [-0.3, -0.25) is 4.79 Å². The lowest BCUT2D eigenvalue weighted by atomic mass is 10.2. The number of carbonyl (C=O) groups excluding carboxylic acids is 1. The zero-order valence-electron chi connectivity index (χ0n) is 11.9. The third kappa shape index (κ3) is 6.12. The van der Waals surface area contributed by atoms with Crippen LogP contribution in [0, 0.1) is 0 Å². The van der Waals surface area contributed by atoms with Crippen molar-refractivity contribution in [2.75, 3.05) is 12.3 Å². The molecule has 1 N–H and O–H groups in total. The summed E-state index contributed by atoms with van der Waals surface area (Å²) in [7, 11) is 0. The minimum atomic E-state index is -2.95. The fourth-order valence-electron chi connectivity index (χ4n) is 1.79. The van der Waals surface area contributed by atoms with Gasteiger partial charge >= 0.3 is 6.61 Å². The molecule has 0 bridgehead atoms. The predicted octanol–water partition coefficient (Wildman–Crippen LogP) is 4.78. The minimum Gasteiger partial charge on any atom is -0.434 e. The number of alkyl halides is 2. The molecule has 1 heterocycles. The van der Waals surface area contributed by atoms with E-state index >= 15 is 0 Å². The molecule has 2 rings (SSSR count). The van der Waals surface area contributed by atoms with Crippen LogP contribution in [0.2, 0.25) is 0 Å². The molecule has 0 aliphatic heterocycles. The predicted molar refractivity (Wildman–Crippen MR) is 93.6 cm³/mol. The van der Waals surface area contributed by atoms with Gasteiger partial charge in [0.1, 0.15) is 5.75 Å². The number of carbonyl (C=O) groups is 1. The summed E-state index contributed by atoms with van der Waals surface area (Å²) in [4.78, 5) is 13.3. The Morgan fingerprint density at radius 3 is 2.78 bits per heavy atom. The van der Waals surface area contributed by atoms with E-state index in [1.54, 1.807) is 35.2 Å². The lowest BCUT2D eigenvalue weighted by molar-refractivity contribution is -0.0501. The highest BCUT2D eigenvalue weighted by atomic mass is 79.9. The van der Waals surface area contributed by atoms with Crippen LogP contribution in [0.15, 0.2) is 40.2 Å². The second-order valence-corrected chi connectivity index (χ2v) is 8.04. The number of hydrogen-bond donors (Lipinski definition) is 1. The maximum absolute atomic E-state index is 12.3. The van der Waals surface area contributed by atoms with E-state index in [4.69, 9.17) is 0 Å². The molecule has 0 radical (unpaired) electrons. The third-order valence-corrected chi connectivity index (χ3v) is 5.57. The van der Waals surface area contributed by atoms with Gasteiger partial charge in [0, 0.05) is 22.9 Å². The van der Waals surface area contributed by atoms with Crippen molar-refractivity contribution in [2.24, 2.45) is 0 Å². The zero-order valence-corrected chi connectivity index (χ0v) is 15.1. The lowest BCUT2D eigenvalue weighted by Crippen LogP contribution is -2.26. The molecule has 2 aromatic rings. The molecule has 3 nitrogen and oxygen atoms in total. The van der Waals surface area contributed by atoms with E-state index in [1.807, 2.05) is 6.07 Å². The highest BCUT2D eigenvalue weighted by molar-refractivity contribution is 9.11. The smallest absolute Gasteiger partial charge is 0.387 e. The molecule has 0 saturated heterocycles. The summed E-state index contributed by atoms with van der Waals surface area (Å²) >= 11 is 6.78. The Balaban J connectivity index is 1.76. The van der Waals surface area contributed by atoms with Crippen LogP contribution in [0.5, 0.6) is 5.75 Å². The number of benzene rings is 1. The average molecular weight is 422 g/mol. The summed E-state index contributed by atoms with van der Waals surface area (Å²) < 4.78 is 30.1. The van der Waals surface area contributed by atoms with Gasteiger partial charge in [-0.2, -0.15) is 20.5 Å². The van der Waals surface area contributed by atoms with Gasteiger partial charge in [0.15, 0.2) is 0 Å². The van der Waals surface area contributed by atoms with E-state index in [2.05, 4.69) is 32.0 Å². The summed E-state index contributed by atoms with van der Waals surface area (Å²) in [5.41, 5.74) is 0.111. The van der Waals surface area contributed by atoms with Crippen molar-refractivity contribution in [1.82, 2.24) is 5.32 Å². The molecular formula is C15H14BrF2NO2S2. The molecule has 0 atom stereocenters. The van der Waals surface area contributed by atoms with Crippen molar-refractivity contribution in [3.05, 3.63) is 50.6 Å². The van der Waals surface area contributed by atoms with E-state index in [0.29, 0.717) is 6.54 Å². The Kier molecular flexibility index (Phi) is 7.32. The van der Waals surface area contributed by atoms with E-state index in [9.17, 15) is 13.6 Å². The van der Waals surface area contributed by atoms with Crippen molar-refractivity contribution >= 4 is 44.9 Å². The largest absolute Gasteiger partial charge is 0.434 e. The molecule has 23 heavy (non-hydrogen) atoms. The molecule has 0 fully saturated rings. The summed E-state index contributed by atoms with van der Waals surface area (Å²) in [6.07, 6.45) is 0. The second kappa shape index (κ2) is 9.24. The summed E-state index contributed by atoms with van der Waals surface area (Å²) in [5.74, 6) is 1.08. The van der Waals surface area contributed by atoms with E-state index < -0.39 is 12.5 Å². The van der Waals surface area contributed by atoms with Crippen LogP contribution >= 0.6 is 39.0 Å². The Bertz CT molecular complexity index is 652. The number of amides is 1. The topological polar surface area (TPSA) is 38.3 Å². The van der Waals surface area contributed by atoms with E-state index in [-0.39, 0.29) is 11.3 Å². The summed E-state index contributed by atoms with van der Waals surface area (Å²) in [6, 6.07) is 10.0. The molecule has 0 aliphatic rings. The van der Waals surface area contributed by atoms with Gasteiger partial charge in [0.2, 0.25) is 0 Å². The number of thiophene rings is 1. The SMILES string of the molecule is O=C(NCCSCc1ccc(Br)s1)c1ccccc1OC(F)F. The molecule has 0 spiro atoms. The first-order valence-electron chi connectivity index (χ1n) is 6.70. The van der Waals surface area contributed by atoms with Crippen molar-refractivity contribution in [1.29, 1.82) is 0 Å². The molecule has 8 heteroatoms. The third-order valence-electron chi connectivity index (χ3n) is 2.75. The van der Waals surface area contributed by atoms with Crippen LogP contribution < -0.4 is 10.1 Å². The first-order chi connectivity index (χ1) is 11.1. The number of thioether (sulfide) groups is 1. The quantitative estimate of drug-likeness (QED) is 0.623. The molecule has 0 unspecified atom stereocenters. The summed E-state index contributed by atoms with van der Waals surface area (Å²) in [5, 5.41) is 2.71. The Hall–Kier alpha value is -1.12. The normalized spacial score (nSPS) is 10.8. The van der Waals surface area contributed by atoms with E-state index in [0.717, 1.165) is 15.3 Å². The van der Waals surface area contributed by atoms with E-state index in [1.165, 1.54) is 17.0 Å². The average Bonchev–Trinajstić information content (AvgIpc) is 2.92. The van der Waals surface area contributed by atoms with Gasteiger partial charge in [-0.05, 0) is 40.2 Å². The maximum atomic E-state index is 12.3. The first-order valence-corrected chi connectivity index (χ1v) is 9.46. The Labute approximate surface area is 149 Å². The lowest BCUT2D eigenvalue weighted by Gasteiger charge is -2.10. The van der Waals surface area contributed by atoms with Crippen LogP contribution in [0.1, 0.15) is 15.2 Å². The van der Waals surface area contributed by atoms with Crippen LogP contribution in [-0.2, 0) is 5.75 Å². The van der Waals surface area contributed by atoms with Gasteiger partial charge in [-0.15, -0.1) is 11.3 Å². The first kappa shape index (κ1) is 18.2.